The van der Waals surface area contributed by atoms with Crippen molar-refractivity contribution in [2.24, 2.45) is 0 Å². The minimum Gasteiger partial charge on any atom is -0.342 e. The molecule has 2 atom stereocenters. The highest BCUT2D eigenvalue weighted by Gasteiger charge is 2.54. The van der Waals surface area contributed by atoms with Crippen LogP contribution in [0.3, 0.4) is 0 Å². The third kappa shape index (κ3) is 3.18. The molecule has 1 saturated heterocycles. The number of carbonyl (C=O) groups excluding carboxylic acids is 2. The largest absolute Gasteiger partial charge is 0.342 e. The Hall–Kier alpha value is -2.47. The van der Waals surface area contributed by atoms with Crippen LogP contribution < -0.4 is 4.90 Å². The number of amides is 1. The molecular formula is C23H27ClN4O2. The van der Waals surface area contributed by atoms with E-state index in [4.69, 9.17) is 16.6 Å². The van der Waals surface area contributed by atoms with E-state index in [-0.39, 0.29) is 11.8 Å². The van der Waals surface area contributed by atoms with E-state index in [9.17, 15) is 9.59 Å². The molecule has 3 heterocycles. The summed E-state index contributed by atoms with van der Waals surface area (Å²) in [5, 5.41) is 0. The Kier molecular flexibility index (Phi) is 5.30. The van der Waals surface area contributed by atoms with Crippen LogP contribution >= 0.6 is 11.6 Å². The number of anilines is 1. The summed E-state index contributed by atoms with van der Waals surface area (Å²) >= 11 is 6.93. The van der Waals surface area contributed by atoms with Crippen LogP contribution in [0.25, 0.3) is 0 Å². The zero-order valence-electron chi connectivity index (χ0n) is 17.6. The van der Waals surface area contributed by atoms with E-state index in [2.05, 4.69) is 4.98 Å². The van der Waals surface area contributed by atoms with Gasteiger partial charge in [0, 0.05) is 37.2 Å². The van der Waals surface area contributed by atoms with Gasteiger partial charge in [-0.05, 0) is 32.3 Å². The molecule has 1 aromatic carbocycles. The fourth-order valence-corrected chi connectivity index (χ4v) is 5.35. The van der Waals surface area contributed by atoms with E-state index in [1.807, 2.05) is 54.8 Å². The van der Waals surface area contributed by atoms with Crippen LogP contribution in [-0.2, 0) is 20.1 Å². The molecule has 4 rings (SSSR count). The van der Waals surface area contributed by atoms with Gasteiger partial charge in [-0.1, -0.05) is 42.8 Å². The van der Waals surface area contributed by atoms with Crippen LogP contribution in [0.4, 0.5) is 5.82 Å². The molecule has 0 radical (unpaired) electrons. The van der Waals surface area contributed by atoms with Crippen molar-refractivity contribution >= 4 is 29.6 Å². The molecule has 0 saturated carbocycles. The zero-order chi connectivity index (χ0) is 21.5. The van der Waals surface area contributed by atoms with Crippen molar-refractivity contribution in [3.05, 3.63) is 53.5 Å². The second kappa shape index (κ2) is 7.65. The lowest BCUT2D eigenvalue weighted by Gasteiger charge is -2.39. The Balaban J connectivity index is 1.72. The average Bonchev–Trinajstić information content (AvgIpc) is 2.96. The smallest absolute Gasteiger partial charge is 0.222 e. The molecule has 1 aromatic heterocycles. The summed E-state index contributed by atoms with van der Waals surface area (Å²) in [5.41, 5.74) is 2.06. The van der Waals surface area contributed by atoms with Gasteiger partial charge in [-0.3, -0.25) is 14.6 Å². The number of piperidine rings is 1. The van der Waals surface area contributed by atoms with Gasteiger partial charge >= 0.3 is 0 Å². The molecule has 0 bridgehead atoms. The fraction of sp³-hybridized carbons (Fsp3) is 0.478. The van der Waals surface area contributed by atoms with Crippen LogP contribution in [0.5, 0.6) is 0 Å². The number of aldehydes is 1. The zero-order valence-corrected chi connectivity index (χ0v) is 18.4. The summed E-state index contributed by atoms with van der Waals surface area (Å²) in [4.78, 5) is 36.2. The molecule has 2 aliphatic heterocycles. The summed E-state index contributed by atoms with van der Waals surface area (Å²) in [6, 6.07) is 7.74. The highest BCUT2D eigenvalue weighted by atomic mass is 35.5. The van der Waals surface area contributed by atoms with Crippen molar-refractivity contribution in [2.45, 2.75) is 56.5 Å². The van der Waals surface area contributed by atoms with Crippen LogP contribution in [0, 0.1) is 0 Å². The molecule has 7 heteroatoms. The van der Waals surface area contributed by atoms with Crippen LogP contribution in [0.15, 0.2) is 36.7 Å². The lowest BCUT2D eigenvalue weighted by molar-refractivity contribution is -0.132. The molecule has 0 spiro atoms. The Labute approximate surface area is 182 Å². The molecule has 6 nitrogen and oxygen atoms in total. The van der Waals surface area contributed by atoms with Gasteiger partial charge in [-0.2, -0.15) is 0 Å². The maximum atomic E-state index is 12.2. The molecule has 0 N–H and O–H groups in total. The van der Waals surface area contributed by atoms with E-state index < -0.39 is 10.5 Å². The lowest BCUT2D eigenvalue weighted by atomic mass is 9.93. The van der Waals surface area contributed by atoms with Gasteiger partial charge in [-0.25, -0.2) is 4.98 Å². The van der Waals surface area contributed by atoms with E-state index in [1.54, 1.807) is 12.4 Å². The average molecular weight is 427 g/mol. The molecule has 2 aliphatic rings. The summed E-state index contributed by atoms with van der Waals surface area (Å²) in [7, 11) is 0. The first-order valence-electron chi connectivity index (χ1n) is 10.5. The van der Waals surface area contributed by atoms with Gasteiger partial charge in [0.15, 0.2) is 11.3 Å². The lowest BCUT2D eigenvalue weighted by Crippen LogP contribution is -2.47. The second-order valence-electron chi connectivity index (χ2n) is 8.57. The van der Waals surface area contributed by atoms with Crippen molar-refractivity contribution in [3.8, 4) is 0 Å². The van der Waals surface area contributed by atoms with Crippen LogP contribution in [0.2, 0.25) is 0 Å². The number of hydrogen-bond acceptors (Lipinski definition) is 5. The predicted molar refractivity (Wildman–Crippen MR) is 116 cm³/mol. The molecule has 158 valence electrons. The highest BCUT2D eigenvalue weighted by molar-refractivity contribution is 6.33. The van der Waals surface area contributed by atoms with Gasteiger partial charge in [0.05, 0.1) is 17.4 Å². The van der Waals surface area contributed by atoms with Gasteiger partial charge in [0.1, 0.15) is 5.82 Å². The van der Waals surface area contributed by atoms with Crippen molar-refractivity contribution < 1.29 is 9.59 Å². The van der Waals surface area contributed by atoms with Crippen molar-refractivity contribution in [1.29, 1.82) is 0 Å². The quantitative estimate of drug-likeness (QED) is 0.421. The molecule has 1 fully saturated rings. The summed E-state index contributed by atoms with van der Waals surface area (Å²) in [5.74, 6) is 0.853. The van der Waals surface area contributed by atoms with Crippen molar-refractivity contribution in [1.82, 2.24) is 14.9 Å². The summed E-state index contributed by atoms with van der Waals surface area (Å²) in [6.07, 6.45) is 6.61. The Morgan fingerprint density at radius 1 is 1.27 bits per heavy atom. The minimum atomic E-state index is -1.34. The molecule has 30 heavy (non-hydrogen) atoms. The first-order valence-corrected chi connectivity index (χ1v) is 10.9. The van der Waals surface area contributed by atoms with Crippen molar-refractivity contribution in [3.63, 3.8) is 0 Å². The molecule has 2 aromatic rings. The summed E-state index contributed by atoms with van der Waals surface area (Å²) < 4.78 is 0. The summed E-state index contributed by atoms with van der Waals surface area (Å²) in [6.45, 7) is 7.40. The maximum absolute atomic E-state index is 12.2. The van der Waals surface area contributed by atoms with E-state index >= 15 is 0 Å². The number of likely N-dealkylation sites (tertiary alicyclic amines) is 1. The van der Waals surface area contributed by atoms with Gasteiger partial charge in [0.25, 0.3) is 0 Å². The Morgan fingerprint density at radius 2 is 2.00 bits per heavy atom. The van der Waals surface area contributed by atoms with Crippen LogP contribution in [-0.4, -0.2) is 40.2 Å². The third-order valence-corrected chi connectivity index (χ3v) is 6.83. The Morgan fingerprint density at radius 3 is 2.70 bits per heavy atom. The SMILES string of the molecule is CCC(=O)N1CCCC(c2cncc(N3C(C)(C)c4ccccc4C3(Cl)C=O)n2)C1. The van der Waals surface area contributed by atoms with Gasteiger partial charge in [0.2, 0.25) is 5.91 Å². The monoisotopic (exact) mass is 426 g/mol. The van der Waals surface area contributed by atoms with Gasteiger partial charge in [-0.15, -0.1) is 0 Å². The third-order valence-electron chi connectivity index (χ3n) is 6.37. The highest BCUT2D eigenvalue weighted by Crippen LogP contribution is 2.52. The van der Waals surface area contributed by atoms with Gasteiger partial charge < -0.3 is 9.80 Å². The molecule has 2 unspecified atom stereocenters. The normalized spacial score (nSPS) is 25.1. The molecule has 1 amide bonds. The van der Waals surface area contributed by atoms with Crippen LogP contribution in [0.1, 0.15) is 62.8 Å². The number of alkyl halides is 1. The number of hydrogen-bond donors (Lipinski definition) is 0. The number of fused-ring (bicyclic) bond motifs is 1. The topological polar surface area (TPSA) is 66.4 Å². The number of aromatic nitrogens is 2. The second-order valence-corrected chi connectivity index (χ2v) is 9.14. The van der Waals surface area contributed by atoms with E-state index in [0.29, 0.717) is 18.8 Å². The van der Waals surface area contributed by atoms with E-state index in [0.717, 1.165) is 42.5 Å². The fourth-order valence-electron chi connectivity index (χ4n) is 4.88. The first-order chi connectivity index (χ1) is 14.3. The first kappa shape index (κ1) is 20.8. The minimum absolute atomic E-state index is 0.121. The number of benzene rings is 1. The number of carbonyl (C=O) groups is 2. The standard InChI is InChI=1S/C23H27ClN4O2/c1-4-21(30)27-11-7-8-16(14-27)19-12-25-13-20(26-19)28-22(2,3)17-9-5-6-10-18(17)23(28,24)15-29/h5-6,9-10,12-13,15-16H,4,7-8,11,14H2,1-3H3. The molecule has 0 aliphatic carbocycles. The number of nitrogens with zero attached hydrogens (tertiary/aromatic N) is 4. The Bertz CT molecular complexity index is 979. The number of rotatable bonds is 4. The number of halogens is 1. The maximum Gasteiger partial charge on any atom is 0.222 e. The van der Waals surface area contributed by atoms with E-state index in [1.165, 1.54) is 0 Å². The van der Waals surface area contributed by atoms with Crippen molar-refractivity contribution in [2.75, 3.05) is 18.0 Å². The predicted octanol–water partition coefficient (Wildman–Crippen LogP) is 3.94. The molecular weight excluding hydrogens is 400 g/mol.